The van der Waals surface area contributed by atoms with Crippen LogP contribution in [0.4, 0.5) is 5.69 Å². The van der Waals surface area contributed by atoms with Crippen LogP contribution in [-0.4, -0.2) is 20.4 Å². The maximum absolute atomic E-state index is 12.3. The lowest BCUT2D eigenvalue weighted by atomic mass is 10.2. The average Bonchev–Trinajstić information content (AvgIpc) is 2.51. The minimum absolute atomic E-state index is 0.0993. The summed E-state index contributed by atoms with van der Waals surface area (Å²) in [4.78, 5) is 12.3. The topological polar surface area (TPSA) is 75.3 Å². The van der Waals surface area contributed by atoms with E-state index < -0.39 is 22.0 Å². The molecule has 1 atom stereocenters. The van der Waals surface area contributed by atoms with E-state index in [1.54, 1.807) is 24.3 Å². The van der Waals surface area contributed by atoms with Crippen LogP contribution >= 0.6 is 23.2 Å². The number of aryl methyl sites for hydroxylation is 1. The molecule has 2 N–H and O–H groups in total. The van der Waals surface area contributed by atoms with Crippen LogP contribution in [0.1, 0.15) is 12.5 Å². The molecular weight excluding hydrogens is 371 g/mol. The highest BCUT2D eigenvalue weighted by Gasteiger charge is 2.22. The molecule has 2 aromatic carbocycles. The Bertz CT molecular complexity index is 852. The molecule has 0 aliphatic heterocycles. The third-order valence-corrected chi connectivity index (χ3v) is 5.54. The van der Waals surface area contributed by atoms with Crippen molar-refractivity contribution >= 4 is 44.8 Å². The van der Waals surface area contributed by atoms with Gasteiger partial charge in [-0.3, -0.25) is 4.79 Å². The summed E-state index contributed by atoms with van der Waals surface area (Å²) in [6, 6.07) is 9.99. The highest BCUT2D eigenvalue weighted by Crippen LogP contribution is 2.25. The van der Waals surface area contributed by atoms with Crippen LogP contribution < -0.4 is 10.0 Å². The summed E-state index contributed by atoms with van der Waals surface area (Å²) in [5.74, 6) is -0.510. The third-order valence-electron chi connectivity index (χ3n) is 3.24. The Morgan fingerprint density at radius 2 is 1.67 bits per heavy atom. The van der Waals surface area contributed by atoms with E-state index in [1.165, 1.54) is 25.1 Å². The molecule has 5 nitrogen and oxygen atoms in total. The Morgan fingerprint density at radius 1 is 1.04 bits per heavy atom. The Labute approximate surface area is 151 Å². The van der Waals surface area contributed by atoms with E-state index in [0.717, 1.165) is 5.56 Å². The average molecular weight is 387 g/mol. The molecule has 1 amide bonds. The standard InChI is InChI=1S/C16H16Cl2N2O3S/c1-10-3-6-13(7-4-10)24(22,23)20-11(2)16(21)19-12-5-8-14(17)15(18)9-12/h3-9,11,20H,1-2H3,(H,19,21). The van der Waals surface area contributed by atoms with Crippen molar-refractivity contribution < 1.29 is 13.2 Å². The predicted octanol–water partition coefficient (Wildman–Crippen LogP) is 3.61. The molecule has 0 heterocycles. The zero-order valence-electron chi connectivity index (χ0n) is 13.0. The largest absolute Gasteiger partial charge is 0.325 e. The number of amides is 1. The van der Waals surface area contributed by atoms with E-state index in [2.05, 4.69) is 10.0 Å². The summed E-state index contributed by atoms with van der Waals surface area (Å²) < 4.78 is 26.9. The first-order valence-corrected chi connectivity index (χ1v) is 9.28. The molecule has 0 bridgehead atoms. The molecular formula is C16H16Cl2N2O3S. The summed E-state index contributed by atoms with van der Waals surface area (Å²) in [5.41, 5.74) is 1.37. The van der Waals surface area contributed by atoms with Crippen molar-refractivity contribution in [3.05, 3.63) is 58.1 Å². The monoisotopic (exact) mass is 386 g/mol. The maximum atomic E-state index is 12.3. The highest BCUT2D eigenvalue weighted by molar-refractivity contribution is 7.89. The number of rotatable bonds is 5. The number of carbonyl (C=O) groups is 1. The number of hydrogen-bond donors (Lipinski definition) is 2. The van der Waals surface area contributed by atoms with Gasteiger partial charge in [0.2, 0.25) is 15.9 Å². The van der Waals surface area contributed by atoms with Gasteiger partial charge < -0.3 is 5.32 Å². The lowest BCUT2D eigenvalue weighted by Gasteiger charge is -2.15. The predicted molar refractivity (Wildman–Crippen MR) is 96.1 cm³/mol. The molecule has 2 aromatic rings. The van der Waals surface area contributed by atoms with Gasteiger partial charge in [-0.2, -0.15) is 4.72 Å². The van der Waals surface area contributed by atoms with Crippen molar-refractivity contribution in [1.82, 2.24) is 4.72 Å². The van der Waals surface area contributed by atoms with Gasteiger partial charge >= 0.3 is 0 Å². The van der Waals surface area contributed by atoms with E-state index in [0.29, 0.717) is 15.7 Å². The molecule has 1 unspecified atom stereocenters. The molecule has 0 fully saturated rings. The quantitative estimate of drug-likeness (QED) is 0.823. The molecule has 0 saturated carbocycles. The van der Waals surface area contributed by atoms with Gasteiger partial charge in [-0.15, -0.1) is 0 Å². The van der Waals surface area contributed by atoms with Gasteiger partial charge in [0.25, 0.3) is 0 Å². The molecule has 24 heavy (non-hydrogen) atoms. The fraction of sp³-hybridized carbons (Fsp3) is 0.188. The van der Waals surface area contributed by atoms with E-state index in [1.807, 2.05) is 6.92 Å². The van der Waals surface area contributed by atoms with Crippen LogP contribution in [0.3, 0.4) is 0 Å². The molecule has 0 radical (unpaired) electrons. The van der Waals surface area contributed by atoms with E-state index in [9.17, 15) is 13.2 Å². The van der Waals surface area contributed by atoms with Gasteiger partial charge in [0.05, 0.1) is 21.0 Å². The van der Waals surface area contributed by atoms with Crippen LogP contribution in [0, 0.1) is 6.92 Å². The molecule has 0 spiro atoms. The second kappa shape index (κ2) is 7.53. The number of hydrogen-bond acceptors (Lipinski definition) is 3. The molecule has 0 saturated heterocycles. The zero-order chi connectivity index (χ0) is 17.9. The van der Waals surface area contributed by atoms with Crippen molar-refractivity contribution in [3.8, 4) is 0 Å². The number of benzene rings is 2. The molecule has 0 aliphatic rings. The van der Waals surface area contributed by atoms with Gasteiger partial charge in [-0.25, -0.2) is 8.42 Å². The van der Waals surface area contributed by atoms with Gasteiger partial charge in [0.1, 0.15) is 0 Å². The summed E-state index contributed by atoms with van der Waals surface area (Å²) in [7, 11) is -3.79. The fourth-order valence-electron chi connectivity index (χ4n) is 1.90. The normalized spacial score (nSPS) is 12.7. The Balaban J connectivity index is 2.07. The van der Waals surface area contributed by atoms with Crippen LogP contribution in [0.5, 0.6) is 0 Å². The minimum Gasteiger partial charge on any atom is -0.325 e. The molecule has 8 heteroatoms. The fourth-order valence-corrected chi connectivity index (χ4v) is 3.40. The SMILES string of the molecule is Cc1ccc(S(=O)(=O)NC(C)C(=O)Nc2ccc(Cl)c(Cl)c2)cc1. The number of halogens is 2. The lowest BCUT2D eigenvalue weighted by molar-refractivity contribution is -0.117. The molecule has 128 valence electrons. The summed E-state index contributed by atoms with van der Waals surface area (Å²) in [6.07, 6.45) is 0. The van der Waals surface area contributed by atoms with Crippen LogP contribution in [0.25, 0.3) is 0 Å². The van der Waals surface area contributed by atoms with Crippen molar-refractivity contribution in [2.45, 2.75) is 24.8 Å². The number of anilines is 1. The van der Waals surface area contributed by atoms with Gasteiger partial charge in [0, 0.05) is 5.69 Å². The number of nitrogens with one attached hydrogen (secondary N) is 2. The molecule has 0 aliphatic carbocycles. The van der Waals surface area contributed by atoms with Gasteiger partial charge in [0.15, 0.2) is 0 Å². The van der Waals surface area contributed by atoms with Crippen LogP contribution in [-0.2, 0) is 14.8 Å². The zero-order valence-corrected chi connectivity index (χ0v) is 15.3. The van der Waals surface area contributed by atoms with E-state index in [4.69, 9.17) is 23.2 Å². The summed E-state index contributed by atoms with van der Waals surface area (Å²) >= 11 is 11.7. The Hall–Kier alpha value is -1.60. The lowest BCUT2D eigenvalue weighted by Crippen LogP contribution is -2.41. The highest BCUT2D eigenvalue weighted by atomic mass is 35.5. The minimum atomic E-state index is -3.79. The first kappa shape index (κ1) is 18.7. The molecule has 0 aromatic heterocycles. The number of sulfonamides is 1. The number of carbonyl (C=O) groups excluding carboxylic acids is 1. The first-order chi connectivity index (χ1) is 11.2. The van der Waals surface area contributed by atoms with E-state index in [-0.39, 0.29) is 4.90 Å². The Kier molecular flexibility index (Phi) is 5.87. The second-order valence-electron chi connectivity index (χ2n) is 5.27. The third kappa shape index (κ3) is 4.70. The van der Waals surface area contributed by atoms with E-state index >= 15 is 0 Å². The second-order valence-corrected chi connectivity index (χ2v) is 7.80. The van der Waals surface area contributed by atoms with Gasteiger partial charge in [-0.05, 0) is 44.2 Å². The molecule has 2 rings (SSSR count). The van der Waals surface area contributed by atoms with Crippen molar-refractivity contribution in [1.29, 1.82) is 0 Å². The first-order valence-electron chi connectivity index (χ1n) is 7.04. The van der Waals surface area contributed by atoms with Crippen molar-refractivity contribution in [3.63, 3.8) is 0 Å². The van der Waals surface area contributed by atoms with Crippen molar-refractivity contribution in [2.24, 2.45) is 0 Å². The summed E-state index contributed by atoms with van der Waals surface area (Å²) in [5, 5.41) is 3.24. The summed E-state index contributed by atoms with van der Waals surface area (Å²) in [6.45, 7) is 3.32. The van der Waals surface area contributed by atoms with Crippen LogP contribution in [0.15, 0.2) is 47.4 Å². The van der Waals surface area contributed by atoms with Gasteiger partial charge in [-0.1, -0.05) is 40.9 Å². The van der Waals surface area contributed by atoms with Crippen molar-refractivity contribution in [2.75, 3.05) is 5.32 Å². The maximum Gasteiger partial charge on any atom is 0.242 e. The van der Waals surface area contributed by atoms with Crippen LogP contribution in [0.2, 0.25) is 10.0 Å². The smallest absolute Gasteiger partial charge is 0.242 e. The Morgan fingerprint density at radius 3 is 2.25 bits per heavy atom.